The summed E-state index contributed by atoms with van der Waals surface area (Å²) in [6.07, 6.45) is 0.947. The maximum atomic E-state index is 11.8. The van der Waals surface area contributed by atoms with Gasteiger partial charge >= 0.3 is 0 Å². The molecule has 0 radical (unpaired) electrons. The van der Waals surface area contributed by atoms with E-state index in [4.69, 9.17) is 4.74 Å². The van der Waals surface area contributed by atoms with Crippen LogP contribution in [-0.4, -0.2) is 25.6 Å². The number of carbonyl (C=O) groups is 1. The van der Waals surface area contributed by atoms with Crippen LogP contribution in [0.25, 0.3) is 0 Å². The van der Waals surface area contributed by atoms with Crippen molar-refractivity contribution in [1.29, 1.82) is 0 Å². The third-order valence-corrected chi connectivity index (χ3v) is 3.89. The van der Waals surface area contributed by atoms with Gasteiger partial charge in [-0.3, -0.25) is 4.79 Å². The topological polar surface area (TPSA) is 50.4 Å². The van der Waals surface area contributed by atoms with Crippen molar-refractivity contribution in [1.82, 2.24) is 10.6 Å². The first-order valence-corrected chi connectivity index (χ1v) is 6.96. The maximum absolute atomic E-state index is 11.8. The zero-order valence-electron chi connectivity index (χ0n) is 9.96. The number of amides is 1. The fourth-order valence-corrected chi connectivity index (χ4v) is 2.83. The molecule has 1 fully saturated rings. The van der Waals surface area contributed by atoms with Gasteiger partial charge < -0.3 is 15.4 Å². The van der Waals surface area contributed by atoms with Crippen LogP contribution in [0.1, 0.15) is 11.1 Å². The second-order valence-electron chi connectivity index (χ2n) is 4.72. The third kappa shape index (κ3) is 2.24. The molecule has 0 saturated carbocycles. The molecule has 2 N–H and O–H groups in total. The standard InChI is InChI=1S/C13H15BrN2O2/c14-11-3-8-1-2-18-12(8)9(4-11)7-16-13(17)10-5-15-6-10/h3-4,10,15H,1-2,5-7H2,(H,16,17). The monoisotopic (exact) mass is 310 g/mol. The Morgan fingerprint density at radius 1 is 1.50 bits per heavy atom. The lowest BCUT2D eigenvalue weighted by molar-refractivity contribution is -0.126. The predicted molar refractivity (Wildman–Crippen MR) is 71.5 cm³/mol. The van der Waals surface area contributed by atoms with Gasteiger partial charge in [-0.1, -0.05) is 15.9 Å². The summed E-state index contributed by atoms with van der Waals surface area (Å²) in [5.41, 5.74) is 2.27. The Morgan fingerprint density at radius 2 is 2.33 bits per heavy atom. The fraction of sp³-hybridized carbons (Fsp3) is 0.462. The van der Waals surface area contributed by atoms with Crippen molar-refractivity contribution >= 4 is 21.8 Å². The van der Waals surface area contributed by atoms with Crippen LogP contribution in [-0.2, 0) is 17.8 Å². The minimum Gasteiger partial charge on any atom is -0.493 e. The average Bonchev–Trinajstić information content (AvgIpc) is 2.71. The molecule has 1 amide bonds. The predicted octanol–water partition coefficient (Wildman–Crippen LogP) is 1.22. The molecule has 0 aromatic heterocycles. The number of nitrogens with one attached hydrogen (secondary N) is 2. The molecule has 0 atom stereocenters. The smallest absolute Gasteiger partial charge is 0.225 e. The number of fused-ring (bicyclic) bond motifs is 1. The van der Waals surface area contributed by atoms with Gasteiger partial charge in [-0.05, 0) is 17.7 Å². The quantitative estimate of drug-likeness (QED) is 0.882. The highest BCUT2D eigenvalue weighted by atomic mass is 79.9. The van der Waals surface area contributed by atoms with Crippen LogP contribution in [0.2, 0.25) is 0 Å². The first-order valence-electron chi connectivity index (χ1n) is 6.16. The van der Waals surface area contributed by atoms with Gasteiger partial charge in [-0.2, -0.15) is 0 Å². The number of benzene rings is 1. The van der Waals surface area contributed by atoms with Crippen molar-refractivity contribution in [2.75, 3.05) is 19.7 Å². The molecule has 96 valence electrons. The van der Waals surface area contributed by atoms with Crippen molar-refractivity contribution < 1.29 is 9.53 Å². The van der Waals surface area contributed by atoms with E-state index in [1.807, 2.05) is 6.07 Å². The number of hydrogen-bond acceptors (Lipinski definition) is 3. The Balaban J connectivity index is 1.70. The van der Waals surface area contributed by atoms with Gasteiger partial charge in [-0.15, -0.1) is 0 Å². The zero-order chi connectivity index (χ0) is 12.5. The normalized spacial score (nSPS) is 17.8. The van der Waals surface area contributed by atoms with E-state index in [9.17, 15) is 4.79 Å². The van der Waals surface area contributed by atoms with Crippen molar-refractivity contribution in [3.8, 4) is 5.75 Å². The second kappa shape index (κ2) is 4.90. The summed E-state index contributed by atoms with van der Waals surface area (Å²) in [6.45, 7) is 2.86. The molecular weight excluding hydrogens is 296 g/mol. The van der Waals surface area contributed by atoms with E-state index in [1.54, 1.807) is 0 Å². The van der Waals surface area contributed by atoms with Gasteiger partial charge in [0.05, 0.1) is 12.5 Å². The van der Waals surface area contributed by atoms with E-state index in [-0.39, 0.29) is 11.8 Å². The van der Waals surface area contributed by atoms with Crippen molar-refractivity contribution in [3.63, 3.8) is 0 Å². The number of hydrogen-bond donors (Lipinski definition) is 2. The molecule has 4 nitrogen and oxygen atoms in total. The summed E-state index contributed by atoms with van der Waals surface area (Å²) < 4.78 is 6.68. The van der Waals surface area contributed by atoms with Crippen LogP contribution in [0.15, 0.2) is 16.6 Å². The lowest BCUT2D eigenvalue weighted by Crippen LogP contribution is -2.50. The summed E-state index contributed by atoms with van der Waals surface area (Å²) >= 11 is 3.50. The van der Waals surface area contributed by atoms with E-state index >= 15 is 0 Å². The van der Waals surface area contributed by atoms with E-state index in [0.717, 1.165) is 41.9 Å². The molecule has 2 aliphatic heterocycles. The molecule has 3 rings (SSSR count). The lowest BCUT2D eigenvalue weighted by Gasteiger charge is -2.25. The van der Waals surface area contributed by atoms with Gasteiger partial charge in [0, 0.05) is 36.1 Å². The Hall–Kier alpha value is -1.07. The lowest BCUT2D eigenvalue weighted by atomic mass is 10.0. The van der Waals surface area contributed by atoms with E-state index in [0.29, 0.717) is 6.54 Å². The van der Waals surface area contributed by atoms with Crippen LogP contribution in [0.3, 0.4) is 0 Å². The largest absolute Gasteiger partial charge is 0.493 e. The molecule has 2 heterocycles. The second-order valence-corrected chi connectivity index (χ2v) is 5.64. The van der Waals surface area contributed by atoms with Crippen molar-refractivity contribution in [2.45, 2.75) is 13.0 Å². The van der Waals surface area contributed by atoms with E-state index < -0.39 is 0 Å². The van der Waals surface area contributed by atoms with Crippen LogP contribution in [0.4, 0.5) is 0 Å². The van der Waals surface area contributed by atoms with Gasteiger partial charge in [0.1, 0.15) is 5.75 Å². The molecule has 0 aliphatic carbocycles. The summed E-state index contributed by atoms with van der Waals surface area (Å²) in [5.74, 6) is 1.21. The Kier molecular flexibility index (Phi) is 3.26. The SMILES string of the molecule is O=C(NCc1cc(Br)cc2c1OCC2)C1CNC1. The zero-order valence-corrected chi connectivity index (χ0v) is 11.5. The van der Waals surface area contributed by atoms with Crippen molar-refractivity contribution in [2.24, 2.45) is 5.92 Å². The first kappa shape index (κ1) is 12.0. The first-order chi connectivity index (χ1) is 8.74. The van der Waals surface area contributed by atoms with Gasteiger partial charge in [0.15, 0.2) is 0 Å². The summed E-state index contributed by atoms with van der Waals surface area (Å²) in [6, 6.07) is 4.10. The Morgan fingerprint density at radius 3 is 3.06 bits per heavy atom. The highest BCUT2D eigenvalue weighted by molar-refractivity contribution is 9.10. The number of carbonyl (C=O) groups excluding carboxylic acids is 1. The minimum atomic E-state index is 0.125. The molecular formula is C13H15BrN2O2. The maximum Gasteiger partial charge on any atom is 0.225 e. The molecule has 0 bridgehead atoms. The van der Waals surface area contributed by atoms with Gasteiger partial charge in [-0.25, -0.2) is 0 Å². The number of ether oxygens (including phenoxy) is 1. The van der Waals surface area contributed by atoms with Crippen LogP contribution < -0.4 is 15.4 Å². The highest BCUT2D eigenvalue weighted by Crippen LogP contribution is 2.32. The van der Waals surface area contributed by atoms with Crippen LogP contribution in [0, 0.1) is 5.92 Å². The van der Waals surface area contributed by atoms with Gasteiger partial charge in [0.2, 0.25) is 5.91 Å². The minimum absolute atomic E-state index is 0.125. The summed E-state index contributed by atoms with van der Waals surface area (Å²) in [7, 11) is 0. The molecule has 0 spiro atoms. The third-order valence-electron chi connectivity index (χ3n) is 3.43. The fourth-order valence-electron chi connectivity index (χ4n) is 2.28. The van der Waals surface area contributed by atoms with E-state index in [1.165, 1.54) is 5.56 Å². The number of rotatable bonds is 3. The summed E-state index contributed by atoms with van der Waals surface area (Å²) in [4.78, 5) is 11.8. The van der Waals surface area contributed by atoms with Gasteiger partial charge in [0.25, 0.3) is 0 Å². The number of halogens is 1. The van der Waals surface area contributed by atoms with Crippen LogP contribution >= 0.6 is 15.9 Å². The van der Waals surface area contributed by atoms with E-state index in [2.05, 4.69) is 32.6 Å². The molecule has 18 heavy (non-hydrogen) atoms. The highest BCUT2D eigenvalue weighted by Gasteiger charge is 2.25. The summed E-state index contributed by atoms with van der Waals surface area (Å²) in [5, 5.41) is 6.08. The molecule has 2 aliphatic rings. The molecule has 1 aromatic carbocycles. The molecule has 1 saturated heterocycles. The molecule has 0 unspecified atom stereocenters. The van der Waals surface area contributed by atoms with Crippen molar-refractivity contribution in [3.05, 3.63) is 27.7 Å². The molecule has 1 aromatic rings. The Labute approximate surface area is 114 Å². The van der Waals surface area contributed by atoms with Crippen LogP contribution in [0.5, 0.6) is 5.75 Å². The Bertz CT molecular complexity index is 486. The average molecular weight is 311 g/mol. The molecule has 5 heteroatoms.